The Morgan fingerprint density at radius 2 is 1.64 bits per heavy atom. The lowest BCUT2D eigenvalue weighted by atomic mass is 9.53. The predicted octanol–water partition coefficient (Wildman–Crippen LogP) is 6.58. The van der Waals surface area contributed by atoms with Crippen molar-refractivity contribution in [3.63, 3.8) is 0 Å². The molecule has 3 heteroatoms. The van der Waals surface area contributed by atoms with Crippen molar-refractivity contribution < 1.29 is 14.2 Å². The monoisotopic (exact) mass is 352 g/mol. The van der Waals surface area contributed by atoms with E-state index < -0.39 is 0 Å². The van der Waals surface area contributed by atoms with Gasteiger partial charge in [-0.15, -0.1) is 0 Å². The molecule has 1 N–H and O–H groups in total. The number of alkyl halides is 1. The minimum Gasteiger partial charge on any atom is -0.504 e. The molecule has 0 aromatic heterocycles. The molecule has 0 saturated carbocycles. The second-order valence-electron chi connectivity index (χ2n) is 9.61. The minimum absolute atomic E-state index is 0.0961. The fraction of sp³-hybridized carbons (Fsp3) is 0.727. The maximum absolute atomic E-state index is 13.2. The first kappa shape index (κ1) is 21.8. The number of methoxy groups -OCH3 is 1. The van der Waals surface area contributed by atoms with Crippen LogP contribution < -0.4 is 4.74 Å². The zero-order valence-corrected chi connectivity index (χ0v) is 17.5. The van der Waals surface area contributed by atoms with Crippen molar-refractivity contribution in [1.82, 2.24) is 0 Å². The molecule has 1 aromatic rings. The number of benzene rings is 1. The van der Waals surface area contributed by atoms with Gasteiger partial charge in [-0.05, 0) is 52.2 Å². The van der Waals surface area contributed by atoms with Crippen molar-refractivity contribution >= 4 is 0 Å². The molecule has 0 aliphatic heterocycles. The smallest absolute Gasteiger partial charge is 0.160 e. The molecule has 1 rings (SSSR count). The summed E-state index contributed by atoms with van der Waals surface area (Å²) >= 11 is 0. The average Bonchev–Trinajstić information content (AvgIpc) is 2.47. The van der Waals surface area contributed by atoms with E-state index in [1.54, 1.807) is 13.2 Å². The molecule has 0 bridgehead atoms. The van der Waals surface area contributed by atoms with Crippen LogP contribution in [0.15, 0.2) is 18.2 Å². The number of hydrogen-bond donors (Lipinski definition) is 1. The topological polar surface area (TPSA) is 29.5 Å². The maximum Gasteiger partial charge on any atom is 0.160 e. The van der Waals surface area contributed by atoms with Crippen LogP contribution in [0, 0.1) is 22.2 Å². The molecule has 0 aliphatic rings. The van der Waals surface area contributed by atoms with E-state index in [-0.39, 0.29) is 34.6 Å². The van der Waals surface area contributed by atoms with Crippen LogP contribution in [0.3, 0.4) is 0 Å². The van der Waals surface area contributed by atoms with Crippen LogP contribution in [0.25, 0.3) is 0 Å². The zero-order valence-electron chi connectivity index (χ0n) is 17.5. The largest absolute Gasteiger partial charge is 0.504 e. The summed E-state index contributed by atoms with van der Waals surface area (Å²) in [6.45, 7) is 17.5. The van der Waals surface area contributed by atoms with Crippen LogP contribution in [-0.2, 0) is 0 Å². The summed E-state index contributed by atoms with van der Waals surface area (Å²) in [5, 5.41) is 9.99. The number of aromatic hydroxyl groups is 1. The number of phenolic OH excluding ortho intramolecular Hbond substituents is 1. The van der Waals surface area contributed by atoms with Gasteiger partial charge in [0.1, 0.15) is 0 Å². The van der Waals surface area contributed by atoms with Crippen molar-refractivity contribution in [2.45, 2.75) is 67.7 Å². The highest BCUT2D eigenvalue weighted by Crippen LogP contribution is 2.57. The van der Waals surface area contributed by atoms with E-state index in [1.807, 2.05) is 12.1 Å². The third-order valence-corrected chi connectivity index (χ3v) is 6.67. The van der Waals surface area contributed by atoms with Crippen molar-refractivity contribution in [3.8, 4) is 11.5 Å². The van der Waals surface area contributed by atoms with Gasteiger partial charge in [0.2, 0.25) is 0 Å². The van der Waals surface area contributed by atoms with E-state index in [1.165, 1.54) is 0 Å². The quantitative estimate of drug-likeness (QED) is 0.600. The highest BCUT2D eigenvalue weighted by molar-refractivity contribution is 5.43. The van der Waals surface area contributed by atoms with Crippen molar-refractivity contribution in [2.24, 2.45) is 22.2 Å². The molecular weight excluding hydrogens is 315 g/mol. The van der Waals surface area contributed by atoms with Gasteiger partial charge in [-0.25, -0.2) is 0 Å². The number of hydrogen-bond acceptors (Lipinski definition) is 2. The molecule has 2 unspecified atom stereocenters. The van der Waals surface area contributed by atoms with Crippen LogP contribution in [0.5, 0.6) is 11.5 Å². The number of ether oxygens (including phenoxy) is 1. The normalized spacial score (nSPS) is 15.8. The first-order valence-corrected chi connectivity index (χ1v) is 9.22. The molecule has 0 radical (unpaired) electrons. The molecular formula is C22H37FO2. The van der Waals surface area contributed by atoms with E-state index in [4.69, 9.17) is 4.74 Å². The third kappa shape index (κ3) is 4.48. The van der Waals surface area contributed by atoms with Gasteiger partial charge in [0.05, 0.1) is 13.8 Å². The van der Waals surface area contributed by atoms with Crippen molar-refractivity contribution in [1.29, 1.82) is 0 Å². The Hall–Kier alpha value is -1.25. The van der Waals surface area contributed by atoms with Crippen LogP contribution in [0.4, 0.5) is 4.39 Å². The first-order valence-electron chi connectivity index (χ1n) is 9.22. The summed E-state index contributed by atoms with van der Waals surface area (Å²) in [4.78, 5) is 0. The predicted molar refractivity (Wildman–Crippen MR) is 104 cm³/mol. The lowest BCUT2D eigenvalue weighted by Gasteiger charge is -2.52. The molecule has 0 saturated heterocycles. The van der Waals surface area contributed by atoms with E-state index in [0.717, 1.165) is 5.56 Å². The molecule has 25 heavy (non-hydrogen) atoms. The minimum atomic E-state index is -0.314. The van der Waals surface area contributed by atoms with Crippen molar-refractivity contribution in [3.05, 3.63) is 23.8 Å². The van der Waals surface area contributed by atoms with Gasteiger partial charge in [-0.3, -0.25) is 4.39 Å². The number of halogens is 1. The van der Waals surface area contributed by atoms with Gasteiger partial charge < -0.3 is 9.84 Å². The Morgan fingerprint density at radius 1 is 1.08 bits per heavy atom. The van der Waals surface area contributed by atoms with E-state index >= 15 is 0 Å². The summed E-state index contributed by atoms with van der Waals surface area (Å²) in [5.74, 6) is 1.19. The first-order chi connectivity index (χ1) is 11.3. The van der Waals surface area contributed by atoms with Crippen molar-refractivity contribution in [2.75, 3.05) is 13.8 Å². The van der Waals surface area contributed by atoms with Gasteiger partial charge in [0.15, 0.2) is 11.5 Å². The van der Waals surface area contributed by atoms with Gasteiger partial charge >= 0.3 is 0 Å². The summed E-state index contributed by atoms with van der Waals surface area (Å²) in [7, 11) is 1.57. The van der Waals surface area contributed by atoms with Gasteiger partial charge in [-0.1, -0.05) is 61.5 Å². The lowest BCUT2D eigenvalue weighted by Crippen LogP contribution is -2.43. The lowest BCUT2D eigenvalue weighted by molar-refractivity contribution is 0.0140. The Kier molecular flexibility index (Phi) is 6.58. The van der Waals surface area contributed by atoms with Gasteiger partial charge in [0.25, 0.3) is 0 Å². The van der Waals surface area contributed by atoms with E-state index in [2.05, 4.69) is 55.4 Å². The van der Waals surface area contributed by atoms with Gasteiger partial charge in [-0.2, -0.15) is 0 Å². The van der Waals surface area contributed by atoms with Crippen LogP contribution in [0.1, 0.15) is 73.3 Å². The standard InChI is InChI=1S/C22H37FO2/c1-15(20(2,3)4)19(22(7,8)21(5,6)12-13-23)16-10-11-17(24)18(14-16)25-9/h10-11,14-15,19,24H,12-13H2,1-9H3. The average molecular weight is 353 g/mol. The molecule has 0 aliphatic carbocycles. The number of phenols is 1. The van der Waals surface area contributed by atoms with E-state index in [9.17, 15) is 9.50 Å². The summed E-state index contributed by atoms with van der Waals surface area (Å²) in [6, 6.07) is 5.63. The van der Waals surface area contributed by atoms with Crippen LogP contribution in [-0.4, -0.2) is 18.9 Å². The van der Waals surface area contributed by atoms with Gasteiger partial charge in [0, 0.05) is 0 Å². The van der Waals surface area contributed by atoms with E-state index in [0.29, 0.717) is 18.1 Å². The Balaban J connectivity index is 3.55. The number of rotatable bonds is 7. The SMILES string of the molecule is COc1cc(C(C(C)C(C)(C)C)C(C)(C)C(C)(C)CCF)ccc1O. The highest BCUT2D eigenvalue weighted by atomic mass is 19.1. The molecule has 2 nitrogen and oxygen atoms in total. The third-order valence-electron chi connectivity index (χ3n) is 6.67. The van der Waals surface area contributed by atoms with Crippen LogP contribution in [0.2, 0.25) is 0 Å². The molecule has 0 amide bonds. The fourth-order valence-electron chi connectivity index (χ4n) is 3.70. The molecule has 2 atom stereocenters. The maximum atomic E-state index is 13.2. The molecule has 0 heterocycles. The molecule has 1 aromatic carbocycles. The van der Waals surface area contributed by atoms with Crippen LogP contribution >= 0.6 is 0 Å². The second-order valence-corrected chi connectivity index (χ2v) is 9.61. The fourth-order valence-corrected chi connectivity index (χ4v) is 3.70. The Labute approximate surface area is 153 Å². The summed E-state index contributed by atoms with van der Waals surface area (Å²) < 4.78 is 18.6. The highest BCUT2D eigenvalue weighted by Gasteiger charge is 2.47. The Bertz CT molecular complexity index is 570. The Morgan fingerprint density at radius 3 is 2.08 bits per heavy atom. The summed E-state index contributed by atoms with van der Waals surface area (Å²) in [6.07, 6.45) is 0.530. The second kappa shape index (κ2) is 7.55. The molecule has 0 fully saturated rings. The zero-order chi connectivity index (χ0) is 19.6. The summed E-state index contributed by atoms with van der Waals surface area (Å²) in [5.41, 5.74) is 0.915. The molecule has 0 spiro atoms. The molecule has 144 valence electrons.